The van der Waals surface area contributed by atoms with E-state index in [1.165, 1.54) is 5.56 Å². The average Bonchev–Trinajstić information content (AvgIpc) is 2.94. The molecule has 1 aromatic rings. The lowest BCUT2D eigenvalue weighted by atomic mass is 9.98. The lowest BCUT2D eigenvalue weighted by molar-refractivity contribution is 0.209. The maximum absolute atomic E-state index is 11.8. The average molecular weight is 260 g/mol. The molecule has 0 aromatic heterocycles. The predicted octanol–water partition coefficient (Wildman–Crippen LogP) is 2.38. The van der Waals surface area contributed by atoms with E-state index in [1.54, 1.807) is 13.2 Å². The summed E-state index contributed by atoms with van der Waals surface area (Å²) in [5.74, 6) is 1.28. The monoisotopic (exact) mass is 260 g/mol. The number of ether oxygens (including phenoxy) is 1. The van der Waals surface area contributed by atoms with Crippen molar-refractivity contribution < 1.29 is 9.53 Å². The Morgan fingerprint density at radius 1 is 1.53 bits per heavy atom. The largest absolute Gasteiger partial charge is 0.497 e. The zero-order valence-corrected chi connectivity index (χ0v) is 11.3. The van der Waals surface area contributed by atoms with Gasteiger partial charge in [0.2, 0.25) is 0 Å². The second-order valence-corrected chi connectivity index (χ2v) is 4.68. The second-order valence-electron chi connectivity index (χ2n) is 4.68. The van der Waals surface area contributed by atoms with Gasteiger partial charge in [-0.2, -0.15) is 0 Å². The van der Waals surface area contributed by atoms with Crippen molar-refractivity contribution >= 4 is 6.03 Å². The number of methoxy groups -OCH3 is 1. The summed E-state index contributed by atoms with van der Waals surface area (Å²) in [7, 11) is 1.66. The smallest absolute Gasteiger partial charge is 0.317 e. The van der Waals surface area contributed by atoms with Crippen molar-refractivity contribution in [2.24, 2.45) is 0 Å². The first kappa shape index (κ1) is 13.5. The van der Waals surface area contributed by atoms with Crippen molar-refractivity contribution in [2.75, 3.05) is 26.7 Å². The molecule has 2 amide bonds. The van der Waals surface area contributed by atoms with Crippen LogP contribution in [0, 0.1) is 0 Å². The number of urea groups is 1. The molecule has 1 aliphatic heterocycles. The molecule has 0 radical (unpaired) electrons. The van der Waals surface area contributed by atoms with E-state index in [4.69, 9.17) is 4.74 Å². The van der Waals surface area contributed by atoms with E-state index >= 15 is 0 Å². The molecule has 4 heteroatoms. The van der Waals surface area contributed by atoms with Crippen molar-refractivity contribution in [1.29, 1.82) is 0 Å². The molecule has 4 nitrogen and oxygen atoms in total. The number of rotatable bonds is 4. The van der Waals surface area contributed by atoms with E-state index in [2.05, 4.69) is 24.0 Å². The molecule has 19 heavy (non-hydrogen) atoms. The Kier molecular flexibility index (Phi) is 4.44. The van der Waals surface area contributed by atoms with Crippen LogP contribution in [0.15, 0.2) is 36.9 Å². The van der Waals surface area contributed by atoms with Crippen LogP contribution < -0.4 is 10.1 Å². The molecule has 1 fully saturated rings. The highest BCUT2D eigenvalue weighted by molar-refractivity contribution is 5.74. The standard InChI is InChI=1S/C15H20N2O2/c1-3-9-16-15(18)17-10-8-13(11-17)12-4-6-14(19-2)7-5-12/h3-7,13H,1,8-11H2,2H3,(H,16,18). The Balaban J connectivity index is 1.93. The van der Waals surface area contributed by atoms with Crippen LogP contribution >= 0.6 is 0 Å². The second kappa shape index (κ2) is 6.27. The zero-order chi connectivity index (χ0) is 13.7. The number of nitrogens with zero attached hydrogens (tertiary/aromatic N) is 1. The molecule has 0 saturated carbocycles. The van der Waals surface area contributed by atoms with Gasteiger partial charge in [-0.25, -0.2) is 4.79 Å². The molecule has 0 bridgehead atoms. The first-order valence-electron chi connectivity index (χ1n) is 6.52. The van der Waals surface area contributed by atoms with Crippen LogP contribution in [0.2, 0.25) is 0 Å². The lowest BCUT2D eigenvalue weighted by Gasteiger charge is -2.17. The van der Waals surface area contributed by atoms with Crippen molar-refractivity contribution in [3.05, 3.63) is 42.5 Å². The minimum absolute atomic E-state index is 0.00379. The molecule has 1 saturated heterocycles. The maximum Gasteiger partial charge on any atom is 0.317 e. The minimum Gasteiger partial charge on any atom is -0.497 e. The Morgan fingerprint density at radius 2 is 2.26 bits per heavy atom. The third-order valence-corrected chi connectivity index (χ3v) is 3.46. The van der Waals surface area contributed by atoms with Crippen LogP contribution in [0.4, 0.5) is 4.79 Å². The van der Waals surface area contributed by atoms with Crippen LogP contribution in [-0.2, 0) is 0 Å². The maximum atomic E-state index is 11.8. The third-order valence-electron chi connectivity index (χ3n) is 3.46. The fourth-order valence-corrected chi connectivity index (χ4v) is 2.36. The van der Waals surface area contributed by atoms with Gasteiger partial charge in [0.15, 0.2) is 0 Å². The van der Waals surface area contributed by atoms with Gasteiger partial charge in [0, 0.05) is 25.6 Å². The molecule has 1 atom stereocenters. The normalized spacial score (nSPS) is 18.2. The van der Waals surface area contributed by atoms with E-state index < -0.39 is 0 Å². The molecule has 0 aliphatic carbocycles. The number of carbonyl (C=O) groups excluding carboxylic acids is 1. The summed E-state index contributed by atoms with van der Waals surface area (Å²) in [6.45, 7) is 5.69. The number of hydrogen-bond donors (Lipinski definition) is 1. The Morgan fingerprint density at radius 3 is 2.89 bits per heavy atom. The van der Waals surface area contributed by atoms with Gasteiger partial charge in [0.05, 0.1) is 7.11 Å². The minimum atomic E-state index is -0.00379. The Hall–Kier alpha value is -1.97. The highest BCUT2D eigenvalue weighted by atomic mass is 16.5. The van der Waals surface area contributed by atoms with Gasteiger partial charge in [-0.05, 0) is 24.1 Å². The number of amides is 2. The molecule has 1 aromatic carbocycles. The third kappa shape index (κ3) is 3.28. The number of benzene rings is 1. The lowest BCUT2D eigenvalue weighted by Crippen LogP contribution is -2.38. The fourth-order valence-electron chi connectivity index (χ4n) is 2.36. The summed E-state index contributed by atoms with van der Waals surface area (Å²) >= 11 is 0. The molecule has 2 rings (SSSR count). The van der Waals surface area contributed by atoms with Crippen molar-refractivity contribution in [2.45, 2.75) is 12.3 Å². The van der Waals surface area contributed by atoms with Gasteiger partial charge >= 0.3 is 6.03 Å². The van der Waals surface area contributed by atoms with E-state index in [0.717, 1.165) is 25.3 Å². The van der Waals surface area contributed by atoms with Gasteiger partial charge < -0.3 is 15.0 Å². The summed E-state index contributed by atoms with van der Waals surface area (Å²) < 4.78 is 5.15. The van der Waals surface area contributed by atoms with E-state index in [9.17, 15) is 4.79 Å². The van der Waals surface area contributed by atoms with Gasteiger partial charge in [-0.15, -0.1) is 6.58 Å². The zero-order valence-electron chi connectivity index (χ0n) is 11.3. The van der Waals surface area contributed by atoms with Gasteiger partial charge in [-0.3, -0.25) is 0 Å². The van der Waals surface area contributed by atoms with Crippen LogP contribution in [-0.4, -0.2) is 37.7 Å². The molecule has 0 spiro atoms. The Labute approximate surface area is 114 Å². The molecule has 1 unspecified atom stereocenters. The highest BCUT2D eigenvalue weighted by Crippen LogP contribution is 2.28. The number of likely N-dealkylation sites (tertiary alicyclic amines) is 1. The first-order valence-corrected chi connectivity index (χ1v) is 6.52. The van der Waals surface area contributed by atoms with Crippen LogP contribution in [0.25, 0.3) is 0 Å². The number of nitrogens with one attached hydrogen (secondary N) is 1. The number of carbonyl (C=O) groups is 1. The molecule has 1 aliphatic rings. The molecular formula is C15H20N2O2. The topological polar surface area (TPSA) is 41.6 Å². The van der Waals surface area contributed by atoms with Crippen molar-refractivity contribution in [1.82, 2.24) is 10.2 Å². The Bertz CT molecular complexity index is 442. The van der Waals surface area contributed by atoms with E-state index in [0.29, 0.717) is 12.5 Å². The van der Waals surface area contributed by atoms with Crippen LogP contribution in [0.3, 0.4) is 0 Å². The molecule has 1 heterocycles. The van der Waals surface area contributed by atoms with Crippen LogP contribution in [0.1, 0.15) is 17.9 Å². The highest BCUT2D eigenvalue weighted by Gasteiger charge is 2.26. The molecule has 102 valence electrons. The number of hydrogen-bond acceptors (Lipinski definition) is 2. The molecular weight excluding hydrogens is 240 g/mol. The quantitative estimate of drug-likeness (QED) is 0.844. The van der Waals surface area contributed by atoms with E-state index in [-0.39, 0.29) is 6.03 Å². The van der Waals surface area contributed by atoms with Crippen molar-refractivity contribution in [3.8, 4) is 5.75 Å². The van der Waals surface area contributed by atoms with Gasteiger partial charge in [0.1, 0.15) is 5.75 Å². The fraction of sp³-hybridized carbons (Fsp3) is 0.400. The SMILES string of the molecule is C=CCNC(=O)N1CCC(c2ccc(OC)cc2)C1. The van der Waals surface area contributed by atoms with E-state index in [1.807, 2.05) is 17.0 Å². The van der Waals surface area contributed by atoms with Crippen molar-refractivity contribution in [3.63, 3.8) is 0 Å². The van der Waals surface area contributed by atoms with Gasteiger partial charge in [-0.1, -0.05) is 18.2 Å². The molecule has 1 N–H and O–H groups in total. The summed E-state index contributed by atoms with van der Waals surface area (Å²) in [4.78, 5) is 13.7. The summed E-state index contributed by atoms with van der Waals surface area (Å²) in [6, 6.07) is 8.09. The predicted molar refractivity (Wildman–Crippen MR) is 75.5 cm³/mol. The van der Waals surface area contributed by atoms with Gasteiger partial charge in [0.25, 0.3) is 0 Å². The summed E-state index contributed by atoms with van der Waals surface area (Å²) in [5, 5.41) is 2.81. The summed E-state index contributed by atoms with van der Waals surface area (Å²) in [6.07, 6.45) is 2.70. The van der Waals surface area contributed by atoms with Crippen LogP contribution in [0.5, 0.6) is 5.75 Å². The summed E-state index contributed by atoms with van der Waals surface area (Å²) in [5.41, 5.74) is 1.26. The first-order chi connectivity index (χ1) is 9.24.